The van der Waals surface area contributed by atoms with Gasteiger partial charge in [0, 0.05) is 136 Å². The summed E-state index contributed by atoms with van der Waals surface area (Å²) in [7, 11) is -7.12. The van der Waals surface area contributed by atoms with Gasteiger partial charge in [0.15, 0.2) is 17.5 Å². The average molecular weight is 1830 g/mol. The second kappa shape index (κ2) is 34.9. The van der Waals surface area contributed by atoms with Crippen molar-refractivity contribution in [3.63, 3.8) is 0 Å². The molecular formula is C85H119F3N18O12S6. The topological polar surface area (TPSA) is 334 Å². The maximum absolute atomic E-state index is 13.5. The molecule has 3 saturated heterocycles. The highest BCUT2D eigenvalue weighted by Crippen LogP contribution is 2.92. The molecule has 0 radical (unpaired) electrons. The summed E-state index contributed by atoms with van der Waals surface area (Å²) in [5.74, 6) is 2.90. The van der Waals surface area contributed by atoms with Crippen LogP contribution >= 0.6 is 40.5 Å². The smallest absolute Gasteiger partial charge is 0.397 e. The number of hydrogen-bond acceptors (Lipinski definition) is 21. The molecule has 678 valence electrons. The number of halogens is 3. The number of fused-ring (bicyclic) bond motifs is 1. The second-order valence-corrected chi connectivity index (χ2v) is 42.7. The molecule has 39 heteroatoms. The number of nitrogens with zero attached hydrogens (tertiary/aromatic N) is 15. The Morgan fingerprint density at radius 3 is 1.15 bits per heavy atom. The third-order valence-corrected chi connectivity index (χ3v) is 29.0. The second-order valence-electron chi connectivity index (χ2n) is 37.8. The fraction of sp³-hybridized carbons (Fsp3) is 0.541. The first-order chi connectivity index (χ1) is 56.2. The van der Waals surface area contributed by atoms with Crippen LogP contribution in [0.15, 0.2) is 119 Å². The van der Waals surface area contributed by atoms with Crippen LogP contribution in [0.2, 0.25) is 0 Å². The van der Waals surface area contributed by atoms with E-state index in [1.165, 1.54) is 67.0 Å². The first-order valence-electron chi connectivity index (χ1n) is 40.7. The van der Waals surface area contributed by atoms with Crippen molar-refractivity contribution in [3.8, 4) is 35.1 Å². The van der Waals surface area contributed by atoms with Crippen LogP contribution in [0.5, 0.6) is 17.6 Å². The number of aromatic nitrogens is 12. The van der Waals surface area contributed by atoms with Crippen molar-refractivity contribution in [3.05, 3.63) is 143 Å². The summed E-state index contributed by atoms with van der Waals surface area (Å²) in [6.07, 6.45) is 15.2. The molecule has 0 bridgehead atoms. The number of alkyl halides is 3. The molecule has 3 saturated carbocycles. The van der Waals surface area contributed by atoms with E-state index in [1.54, 1.807) is 127 Å². The van der Waals surface area contributed by atoms with Gasteiger partial charge in [-0.15, -0.1) is 15.3 Å². The molecule has 3 atom stereocenters. The molecule has 9 aromatic heterocycles. The largest absolute Gasteiger partial charge is 0.476 e. The molecule has 3 amide bonds. The lowest BCUT2D eigenvalue weighted by Crippen LogP contribution is -2.41. The zero-order valence-corrected chi connectivity index (χ0v) is 79.7. The third-order valence-electron chi connectivity index (χ3n) is 24.5. The fourth-order valence-electron chi connectivity index (χ4n) is 18.0. The number of hydrogen-bond donors (Lipinski definition) is 3. The van der Waals surface area contributed by atoms with E-state index < -0.39 is 71.5 Å². The highest BCUT2D eigenvalue weighted by molar-refractivity contribution is 7.90. The molecule has 3 aliphatic carbocycles. The molecule has 2 spiro atoms. The number of pyridine rings is 3. The summed E-state index contributed by atoms with van der Waals surface area (Å²) in [6, 6.07) is 16.1. The van der Waals surface area contributed by atoms with Gasteiger partial charge in [0.2, 0.25) is 17.6 Å². The Bertz CT molecular complexity index is 5830. The average Bonchev–Trinajstić information content (AvgIpc) is 1.44. The van der Waals surface area contributed by atoms with Gasteiger partial charge in [0.1, 0.15) is 38.7 Å². The number of nitrogens with one attached hydrogen (secondary N) is 3. The SMILES string of the molecule is Cc1c(S(=O)(=O)NC(=O)c2ccc(-n3ccc(OCC(C)(C)C)n3)nc2N2C[C@@H](C)CC2(C)C)ccn1C.Cc1cn(C)c(C)c1S(=O)(=O)NC(=O)c1ccc(-n2ccc(OCC(C)(C)C(F)(F)F)n2)nc1N1C[C@@H](C)CC1(C)C.Cc1cn(C)cc1S(=O)(=O)NC(=O)c1ccc(-n2ccc(OCC3C4(CC4)C34CC4)n2)nc1N1C[C@@H](C)CC1(C)C.S.S.S. The Kier molecular flexibility index (Phi) is 27.3. The van der Waals surface area contributed by atoms with Crippen molar-refractivity contribution in [1.29, 1.82) is 0 Å². The zero-order chi connectivity index (χ0) is 88.4. The predicted molar refractivity (Wildman–Crippen MR) is 483 cm³/mol. The molecule has 9 aromatic rings. The molecule has 0 unspecified atom stereocenters. The molecule has 6 aliphatic rings. The monoisotopic (exact) mass is 1830 g/mol. The van der Waals surface area contributed by atoms with Crippen LogP contribution in [-0.4, -0.2) is 163 Å². The highest BCUT2D eigenvalue weighted by atomic mass is 32.2. The number of rotatable bonds is 23. The quantitative estimate of drug-likeness (QED) is 0.0535. The van der Waals surface area contributed by atoms with Gasteiger partial charge in [-0.25, -0.2) is 68.4 Å². The van der Waals surface area contributed by atoms with Crippen LogP contribution < -0.4 is 43.1 Å². The van der Waals surface area contributed by atoms with E-state index in [4.69, 9.17) is 29.2 Å². The van der Waals surface area contributed by atoms with Crippen LogP contribution in [-0.2, 0) is 51.2 Å². The van der Waals surface area contributed by atoms with E-state index in [0.717, 1.165) is 33.1 Å². The standard InChI is InChI=1S/C30H38N6O4S.C28H37F3N6O4S.C27H38N6O4S.3H2S/c1-19-14-28(3,4)35(15-19)26-21(27(37)33-41(38,39)22-17-34(5)16-20(22)2)6-7-24(31-26)36-13-8-25(32-36)40-18-23-29(9-10-29)30(23)11-12-30;1-17-13-27(6,7)36(14-17)24-20(25(38)34-42(39,40)23-18(2)15-35(8)19(23)3)9-10-21(32-24)37-12-11-22(33-37)41-16-26(4,5)28(29,30)31;1-18-15-27(6,7)32(16-18)24-20(25(34)30-38(35,36)21-11-13-31(8)19(21)2)9-10-22(28-24)33-14-12-23(29-33)37-17-26(3,4)5;;;/h6-8,13,16-17,19,23H,9-12,14-15,18H2,1-5H3,(H,33,37);9-12,15,17H,13-14,16H2,1-8H3,(H,34,38);9-14,18H,15-17H2,1-8H3,(H,30,34);3*1H2/t19-;17-;18-;;;/m000.../s1. The van der Waals surface area contributed by atoms with E-state index >= 15 is 0 Å². The number of carbonyl (C=O) groups is 3. The Hall–Kier alpha value is -9.18. The maximum Gasteiger partial charge on any atom is 0.397 e. The minimum Gasteiger partial charge on any atom is -0.476 e. The van der Waals surface area contributed by atoms with Crippen LogP contribution in [0, 0.1) is 73.0 Å². The molecule has 124 heavy (non-hydrogen) atoms. The van der Waals surface area contributed by atoms with Crippen molar-refractivity contribution in [1.82, 2.24) is 72.2 Å². The van der Waals surface area contributed by atoms with Gasteiger partial charge in [0.05, 0.1) is 35.3 Å². The molecule has 15 rings (SSSR count). The van der Waals surface area contributed by atoms with Gasteiger partial charge in [-0.1, -0.05) is 41.5 Å². The number of sulfonamides is 3. The van der Waals surface area contributed by atoms with E-state index in [-0.39, 0.29) is 112 Å². The summed E-state index contributed by atoms with van der Waals surface area (Å²) < 4.78 is 152. The number of ether oxygens (including phenoxy) is 3. The zero-order valence-electron chi connectivity index (χ0n) is 74.3. The summed E-state index contributed by atoms with van der Waals surface area (Å²) in [6.45, 7) is 36.5. The van der Waals surface area contributed by atoms with Gasteiger partial charge in [-0.05, 0) is 216 Å². The van der Waals surface area contributed by atoms with E-state index in [1.807, 2.05) is 31.0 Å². The Labute approximate surface area is 746 Å². The van der Waals surface area contributed by atoms with E-state index in [0.29, 0.717) is 119 Å². The van der Waals surface area contributed by atoms with Crippen molar-refractivity contribution < 1.29 is 67.0 Å². The summed E-state index contributed by atoms with van der Waals surface area (Å²) in [5.41, 5.74) is 0.676. The first-order valence-corrected chi connectivity index (χ1v) is 45.2. The van der Waals surface area contributed by atoms with Gasteiger partial charge in [-0.3, -0.25) is 14.4 Å². The summed E-state index contributed by atoms with van der Waals surface area (Å²) in [4.78, 5) is 61.3. The number of aryl methyl sites for hydroxylation is 5. The first kappa shape index (κ1) is 97.0. The molecule has 0 aromatic carbocycles. The summed E-state index contributed by atoms with van der Waals surface area (Å²) in [5, 5.41) is 13.4. The fourth-order valence-corrected chi connectivity index (χ4v) is 22.0. The van der Waals surface area contributed by atoms with E-state index in [9.17, 15) is 52.8 Å². The number of carbonyl (C=O) groups excluding carboxylic acids is 3. The molecule has 3 N–H and O–H groups in total. The minimum atomic E-state index is -4.45. The highest BCUT2D eigenvalue weighted by Gasteiger charge is 2.86. The lowest BCUT2D eigenvalue weighted by molar-refractivity contribution is -0.219. The van der Waals surface area contributed by atoms with Gasteiger partial charge in [0.25, 0.3) is 47.8 Å². The van der Waals surface area contributed by atoms with Gasteiger partial charge >= 0.3 is 6.18 Å². The summed E-state index contributed by atoms with van der Waals surface area (Å²) >= 11 is 0. The van der Waals surface area contributed by atoms with Gasteiger partial charge in [-0.2, -0.15) is 53.7 Å². The Balaban J connectivity index is 0.000000192. The van der Waals surface area contributed by atoms with Crippen LogP contribution in [0.1, 0.15) is 195 Å². The van der Waals surface area contributed by atoms with Crippen molar-refractivity contribution in [2.75, 3.05) is 54.2 Å². The Morgan fingerprint density at radius 1 is 0.468 bits per heavy atom. The van der Waals surface area contributed by atoms with Crippen LogP contribution in [0.3, 0.4) is 0 Å². The lowest BCUT2D eigenvalue weighted by Gasteiger charge is -2.34. The molecular weight excluding hydrogens is 1710 g/mol. The number of amides is 3. The third kappa shape index (κ3) is 19.8. The molecule has 3 aliphatic heterocycles. The van der Waals surface area contributed by atoms with Crippen LogP contribution in [0.25, 0.3) is 17.5 Å². The lowest BCUT2D eigenvalue weighted by atomic mass is 9.94. The van der Waals surface area contributed by atoms with Gasteiger partial charge < -0.3 is 42.6 Å². The normalized spacial score (nSPS) is 19.0. The molecule has 12 heterocycles. The number of anilines is 3. The predicted octanol–water partition coefficient (Wildman–Crippen LogP) is 13.6. The molecule has 6 fully saturated rings. The maximum atomic E-state index is 13.5. The Morgan fingerprint density at radius 2 is 0.839 bits per heavy atom. The minimum absolute atomic E-state index is 0. The van der Waals surface area contributed by atoms with Crippen molar-refractivity contribution in [2.24, 2.45) is 66.5 Å². The van der Waals surface area contributed by atoms with Crippen molar-refractivity contribution in [2.45, 2.75) is 207 Å². The van der Waals surface area contributed by atoms with Crippen LogP contribution in [0.4, 0.5) is 30.6 Å². The van der Waals surface area contributed by atoms with Crippen molar-refractivity contribution >= 4 is 106 Å². The van der Waals surface area contributed by atoms with E-state index in [2.05, 4.69) is 108 Å². The molecule has 30 nitrogen and oxygen atoms in total.